The first-order valence-corrected chi connectivity index (χ1v) is 8.88. The molecule has 0 aliphatic heterocycles. The number of rotatable bonds is 7. The van der Waals surface area contributed by atoms with Crippen molar-refractivity contribution < 1.29 is 0 Å². The van der Waals surface area contributed by atoms with E-state index in [2.05, 4.69) is 74.5 Å². The van der Waals surface area contributed by atoms with E-state index in [1.54, 1.807) is 0 Å². The highest BCUT2D eigenvalue weighted by atomic mass is 15.1. The molecule has 3 nitrogen and oxygen atoms in total. The van der Waals surface area contributed by atoms with E-state index < -0.39 is 0 Å². The van der Waals surface area contributed by atoms with Gasteiger partial charge in [-0.25, -0.2) is 4.98 Å². The fraction of sp³-hybridized carbons (Fsp3) is 0.600. The zero-order valence-electron chi connectivity index (χ0n) is 15.5. The van der Waals surface area contributed by atoms with Crippen molar-refractivity contribution >= 4 is 0 Å². The third kappa shape index (κ3) is 4.21. The minimum Gasteiger partial charge on any atom is -0.332 e. The molecule has 0 spiro atoms. The molecule has 0 N–H and O–H groups in total. The first kappa shape index (κ1) is 17.7. The van der Waals surface area contributed by atoms with E-state index in [-0.39, 0.29) is 0 Å². The van der Waals surface area contributed by atoms with Crippen LogP contribution in [0.5, 0.6) is 0 Å². The molecule has 0 aromatic carbocycles. The summed E-state index contributed by atoms with van der Waals surface area (Å²) in [6, 6.07) is 2.66. The monoisotopic (exact) mass is 313 g/mol. The zero-order chi connectivity index (χ0) is 17.0. The first-order valence-electron chi connectivity index (χ1n) is 8.88. The molecule has 2 atom stereocenters. The van der Waals surface area contributed by atoms with Crippen LogP contribution in [0, 0.1) is 0 Å². The van der Waals surface area contributed by atoms with E-state index in [4.69, 9.17) is 0 Å². The van der Waals surface area contributed by atoms with Crippen molar-refractivity contribution in [3.63, 3.8) is 0 Å². The number of imidazole rings is 1. The zero-order valence-corrected chi connectivity index (χ0v) is 15.5. The third-order valence-corrected chi connectivity index (χ3v) is 4.75. The SMILES string of the molecule is CC(C)c1ccncc1C(C)CCC(C)n1ccnc1C(C)C. The van der Waals surface area contributed by atoms with Crippen molar-refractivity contribution in [1.29, 1.82) is 0 Å². The summed E-state index contributed by atoms with van der Waals surface area (Å²) < 4.78 is 2.34. The maximum atomic E-state index is 4.51. The van der Waals surface area contributed by atoms with Crippen molar-refractivity contribution in [3.8, 4) is 0 Å². The van der Waals surface area contributed by atoms with Crippen molar-refractivity contribution in [2.75, 3.05) is 0 Å². The number of pyridine rings is 1. The molecular weight excluding hydrogens is 282 g/mol. The Morgan fingerprint density at radius 3 is 2.30 bits per heavy atom. The van der Waals surface area contributed by atoms with Crippen molar-refractivity contribution in [1.82, 2.24) is 14.5 Å². The molecule has 2 rings (SSSR count). The van der Waals surface area contributed by atoms with Gasteiger partial charge in [0.25, 0.3) is 0 Å². The summed E-state index contributed by atoms with van der Waals surface area (Å²) in [6.45, 7) is 13.6. The van der Waals surface area contributed by atoms with Crippen LogP contribution in [0.15, 0.2) is 30.9 Å². The van der Waals surface area contributed by atoms with Gasteiger partial charge in [0.1, 0.15) is 5.82 Å². The lowest BCUT2D eigenvalue weighted by atomic mass is 9.88. The van der Waals surface area contributed by atoms with Gasteiger partial charge >= 0.3 is 0 Å². The van der Waals surface area contributed by atoms with Crippen molar-refractivity contribution in [2.24, 2.45) is 0 Å². The Kier molecular flexibility index (Phi) is 5.97. The lowest BCUT2D eigenvalue weighted by molar-refractivity contribution is 0.445. The van der Waals surface area contributed by atoms with Gasteiger partial charge in [0.2, 0.25) is 0 Å². The van der Waals surface area contributed by atoms with Gasteiger partial charge in [-0.05, 0) is 48.8 Å². The molecule has 0 radical (unpaired) electrons. The van der Waals surface area contributed by atoms with E-state index >= 15 is 0 Å². The van der Waals surface area contributed by atoms with Crippen LogP contribution < -0.4 is 0 Å². The Labute approximate surface area is 141 Å². The summed E-state index contributed by atoms with van der Waals surface area (Å²) >= 11 is 0. The molecule has 126 valence electrons. The van der Waals surface area contributed by atoms with Gasteiger partial charge in [0.15, 0.2) is 0 Å². The molecular formula is C20H31N3. The molecule has 0 bridgehead atoms. The Morgan fingerprint density at radius 2 is 1.65 bits per heavy atom. The second-order valence-electron chi connectivity index (χ2n) is 7.33. The van der Waals surface area contributed by atoms with Gasteiger partial charge < -0.3 is 4.57 Å². The van der Waals surface area contributed by atoms with E-state index in [0.29, 0.717) is 23.8 Å². The summed E-state index contributed by atoms with van der Waals surface area (Å²) in [5.41, 5.74) is 2.84. The van der Waals surface area contributed by atoms with E-state index in [1.165, 1.54) is 23.4 Å². The highest BCUT2D eigenvalue weighted by Crippen LogP contribution is 2.30. The van der Waals surface area contributed by atoms with Crippen molar-refractivity contribution in [3.05, 3.63) is 47.8 Å². The predicted octanol–water partition coefficient (Wildman–Crippen LogP) is 5.67. The van der Waals surface area contributed by atoms with Crippen LogP contribution in [0.3, 0.4) is 0 Å². The van der Waals surface area contributed by atoms with Crippen LogP contribution in [0.2, 0.25) is 0 Å². The van der Waals surface area contributed by atoms with Crippen LogP contribution in [0.25, 0.3) is 0 Å². The largest absolute Gasteiger partial charge is 0.332 e. The lowest BCUT2D eigenvalue weighted by Crippen LogP contribution is -2.11. The summed E-state index contributed by atoms with van der Waals surface area (Å²) in [4.78, 5) is 8.86. The normalized spacial score (nSPS) is 14.4. The van der Waals surface area contributed by atoms with Gasteiger partial charge in [-0.15, -0.1) is 0 Å². The smallest absolute Gasteiger partial charge is 0.111 e. The number of hydrogen-bond donors (Lipinski definition) is 0. The fourth-order valence-electron chi connectivity index (χ4n) is 3.29. The van der Waals surface area contributed by atoms with Crippen LogP contribution in [0.4, 0.5) is 0 Å². The fourth-order valence-corrected chi connectivity index (χ4v) is 3.29. The topological polar surface area (TPSA) is 30.7 Å². The standard InChI is InChI=1S/C20H31N3/c1-14(2)18-9-10-21-13-19(18)16(5)7-8-17(6)23-12-11-22-20(23)15(3)4/h9-17H,7-8H2,1-6H3. The molecule has 0 aliphatic rings. The molecule has 0 aliphatic carbocycles. The van der Waals surface area contributed by atoms with E-state index in [0.717, 1.165) is 6.42 Å². The van der Waals surface area contributed by atoms with Crippen LogP contribution in [-0.4, -0.2) is 14.5 Å². The Balaban J connectivity index is 2.04. The van der Waals surface area contributed by atoms with Gasteiger partial charge in [-0.1, -0.05) is 34.6 Å². The Hall–Kier alpha value is -1.64. The van der Waals surface area contributed by atoms with E-state index in [1.807, 2.05) is 12.4 Å². The minimum atomic E-state index is 0.468. The maximum Gasteiger partial charge on any atom is 0.111 e. The van der Waals surface area contributed by atoms with Crippen LogP contribution >= 0.6 is 0 Å². The molecule has 0 amide bonds. The van der Waals surface area contributed by atoms with Gasteiger partial charge in [0, 0.05) is 36.7 Å². The Bertz CT molecular complexity index is 613. The molecule has 0 saturated heterocycles. The molecule has 0 saturated carbocycles. The highest BCUT2D eigenvalue weighted by molar-refractivity contribution is 5.29. The number of nitrogens with zero attached hydrogens (tertiary/aromatic N) is 3. The molecule has 2 aromatic heterocycles. The molecule has 2 unspecified atom stereocenters. The minimum absolute atomic E-state index is 0.468. The van der Waals surface area contributed by atoms with Gasteiger partial charge in [-0.2, -0.15) is 0 Å². The van der Waals surface area contributed by atoms with Crippen molar-refractivity contribution in [2.45, 2.75) is 78.2 Å². The molecule has 3 heteroatoms. The van der Waals surface area contributed by atoms with Gasteiger partial charge in [-0.3, -0.25) is 4.98 Å². The average Bonchev–Trinajstić information content (AvgIpc) is 3.02. The molecule has 2 aromatic rings. The van der Waals surface area contributed by atoms with Crippen LogP contribution in [-0.2, 0) is 0 Å². The third-order valence-electron chi connectivity index (χ3n) is 4.75. The second-order valence-corrected chi connectivity index (χ2v) is 7.33. The quantitative estimate of drug-likeness (QED) is 0.659. The number of aromatic nitrogens is 3. The summed E-state index contributed by atoms with van der Waals surface area (Å²) in [5.74, 6) is 2.74. The number of hydrogen-bond acceptors (Lipinski definition) is 2. The van der Waals surface area contributed by atoms with Crippen LogP contribution in [0.1, 0.15) is 95.1 Å². The van der Waals surface area contributed by atoms with Gasteiger partial charge in [0.05, 0.1) is 0 Å². The lowest BCUT2D eigenvalue weighted by Gasteiger charge is -2.22. The Morgan fingerprint density at radius 1 is 0.913 bits per heavy atom. The summed E-state index contributed by atoms with van der Waals surface area (Å²) in [6.07, 6.45) is 10.3. The molecule has 2 heterocycles. The first-order chi connectivity index (χ1) is 10.9. The highest BCUT2D eigenvalue weighted by Gasteiger charge is 2.17. The van der Waals surface area contributed by atoms with E-state index in [9.17, 15) is 0 Å². The summed E-state index contributed by atoms with van der Waals surface area (Å²) in [5, 5.41) is 0. The molecule has 23 heavy (non-hydrogen) atoms. The predicted molar refractivity (Wildman–Crippen MR) is 97.0 cm³/mol. The molecule has 0 fully saturated rings. The average molecular weight is 313 g/mol. The maximum absolute atomic E-state index is 4.51. The summed E-state index contributed by atoms with van der Waals surface area (Å²) in [7, 11) is 0. The second kappa shape index (κ2) is 7.76.